The third-order valence-corrected chi connectivity index (χ3v) is 3.32. The maximum Gasteiger partial charge on any atom is 0.118 e. The normalized spacial score (nSPS) is 11.0. The predicted molar refractivity (Wildman–Crippen MR) is 74.0 cm³/mol. The molecule has 2 aromatic rings. The summed E-state index contributed by atoms with van der Waals surface area (Å²) in [5.74, 6) is 1.34. The zero-order valence-corrected chi connectivity index (χ0v) is 11.7. The summed E-state index contributed by atoms with van der Waals surface area (Å²) in [5, 5.41) is 4.63. The Morgan fingerprint density at radius 2 is 1.78 bits per heavy atom. The standard InChI is InChI=1S/C15H20N2O/c1-10(2)14-11(3)17(4)16-15(14)12-6-8-13(18-5)9-7-12/h6-10H,1-5H3. The van der Waals surface area contributed by atoms with Crippen LogP contribution in [0.15, 0.2) is 24.3 Å². The number of aryl methyl sites for hydroxylation is 1. The number of hydrogen-bond acceptors (Lipinski definition) is 2. The molecule has 1 aromatic carbocycles. The molecule has 0 amide bonds. The van der Waals surface area contributed by atoms with Gasteiger partial charge < -0.3 is 4.74 Å². The molecule has 3 nitrogen and oxygen atoms in total. The molecule has 0 fully saturated rings. The van der Waals surface area contributed by atoms with E-state index in [0.717, 1.165) is 17.0 Å². The molecule has 96 valence electrons. The van der Waals surface area contributed by atoms with E-state index >= 15 is 0 Å². The Labute approximate surface area is 108 Å². The predicted octanol–water partition coefficient (Wildman–Crippen LogP) is 3.53. The average Bonchev–Trinajstić information content (AvgIpc) is 2.66. The average molecular weight is 244 g/mol. The Hall–Kier alpha value is -1.77. The molecule has 0 aliphatic carbocycles. The first kappa shape index (κ1) is 12.7. The van der Waals surface area contributed by atoms with Crippen molar-refractivity contribution in [2.24, 2.45) is 7.05 Å². The van der Waals surface area contributed by atoms with Crippen molar-refractivity contribution >= 4 is 0 Å². The summed E-state index contributed by atoms with van der Waals surface area (Å²) in [6.45, 7) is 6.53. The van der Waals surface area contributed by atoms with Gasteiger partial charge in [-0.15, -0.1) is 0 Å². The van der Waals surface area contributed by atoms with Crippen LogP contribution in [0, 0.1) is 6.92 Å². The largest absolute Gasteiger partial charge is 0.497 e. The van der Waals surface area contributed by atoms with Gasteiger partial charge in [-0.05, 0) is 37.1 Å². The highest BCUT2D eigenvalue weighted by molar-refractivity contribution is 5.65. The van der Waals surface area contributed by atoms with Crippen molar-refractivity contribution in [3.8, 4) is 17.0 Å². The number of rotatable bonds is 3. The Kier molecular flexibility index (Phi) is 3.41. The number of hydrogen-bond donors (Lipinski definition) is 0. The van der Waals surface area contributed by atoms with Crippen LogP contribution < -0.4 is 4.74 Å². The van der Waals surface area contributed by atoms with Gasteiger partial charge >= 0.3 is 0 Å². The van der Waals surface area contributed by atoms with E-state index in [1.165, 1.54) is 11.3 Å². The van der Waals surface area contributed by atoms with Gasteiger partial charge in [0.15, 0.2) is 0 Å². The monoisotopic (exact) mass is 244 g/mol. The minimum atomic E-state index is 0.468. The first-order valence-electron chi connectivity index (χ1n) is 6.22. The van der Waals surface area contributed by atoms with Crippen molar-refractivity contribution in [2.75, 3.05) is 7.11 Å². The van der Waals surface area contributed by atoms with Gasteiger partial charge in [0.05, 0.1) is 12.8 Å². The quantitative estimate of drug-likeness (QED) is 0.826. The molecule has 0 spiro atoms. The van der Waals surface area contributed by atoms with Gasteiger partial charge in [-0.2, -0.15) is 5.10 Å². The maximum absolute atomic E-state index is 5.19. The Morgan fingerprint density at radius 3 is 2.28 bits per heavy atom. The van der Waals surface area contributed by atoms with Gasteiger partial charge in [0.1, 0.15) is 5.75 Å². The molecule has 0 saturated heterocycles. The molecular weight excluding hydrogens is 224 g/mol. The number of benzene rings is 1. The summed E-state index contributed by atoms with van der Waals surface area (Å²) in [7, 11) is 3.67. The van der Waals surface area contributed by atoms with Crippen molar-refractivity contribution in [1.82, 2.24) is 9.78 Å². The zero-order chi connectivity index (χ0) is 13.3. The van der Waals surface area contributed by atoms with E-state index < -0.39 is 0 Å². The number of nitrogens with zero attached hydrogens (tertiary/aromatic N) is 2. The van der Waals surface area contributed by atoms with Crippen molar-refractivity contribution in [1.29, 1.82) is 0 Å². The number of methoxy groups -OCH3 is 1. The second-order valence-electron chi connectivity index (χ2n) is 4.85. The zero-order valence-electron chi connectivity index (χ0n) is 11.7. The molecule has 1 heterocycles. The Bertz CT molecular complexity index is 538. The van der Waals surface area contributed by atoms with Crippen molar-refractivity contribution in [3.05, 3.63) is 35.5 Å². The van der Waals surface area contributed by atoms with E-state index in [4.69, 9.17) is 4.74 Å². The summed E-state index contributed by atoms with van der Waals surface area (Å²) in [6.07, 6.45) is 0. The first-order valence-corrected chi connectivity index (χ1v) is 6.22. The summed E-state index contributed by atoms with van der Waals surface area (Å²) < 4.78 is 7.14. The van der Waals surface area contributed by atoms with Crippen LogP contribution in [0.5, 0.6) is 5.75 Å². The van der Waals surface area contributed by atoms with Crippen LogP contribution >= 0.6 is 0 Å². The lowest BCUT2D eigenvalue weighted by Crippen LogP contribution is -1.95. The molecule has 3 heteroatoms. The molecule has 0 unspecified atom stereocenters. The molecule has 0 radical (unpaired) electrons. The highest BCUT2D eigenvalue weighted by Gasteiger charge is 2.17. The number of ether oxygens (including phenoxy) is 1. The smallest absolute Gasteiger partial charge is 0.118 e. The highest BCUT2D eigenvalue weighted by atomic mass is 16.5. The van der Waals surface area contributed by atoms with Gasteiger partial charge in [0, 0.05) is 23.9 Å². The van der Waals surface area contributed by atoms with Crippen LogP contribution in [0.4, 0.5) is 0 Å². The van der Waals surface area contributed by atoms with E-state index in [9.17, 15) is 0 Å². The van der Waals surface area contributed by atoms with Crippen LogP contribution in [-0.2, 0) is 7.05 Å². The highest BCUT2D eigenvalue weighted by Crippen LogP contribution is 2.31. The summed E-state index contributed by atoms with van der Waals surface area (Å²) in [6, 6.07) is 8.08. The first-order chi connectivity index (χ1) is 8.54. The van der Waals surface area contributed by atoms with Gasteiger partial charge in [-0.3, -0.25) is 4.68 Å². The summed E-state index contributed by atoms with van der Waals surface area (Å²) in [5.41, 5.74) is 4.77. The number of aromatic nitrogens is 2. The Balaban J connectivity index is 2.52. The molecule has 18 heavy (non-hydrogen) atoms. The molecular formula is C15H20N2O. The topological polar surface area (TPSA) is 27.1 Å². The fourth-order valence-electron chi connectivity index (χ4n) is 2.28. The van der Waals surface area contributed by atoms with Crippen molar-refractivity contribution in [2.45, 2.75) is 26.7 Å². The van der Waals surface area contributed by atoms with Crippen LogP contribution in [0.3, 0.4) is 0 Å². The van der Waals surface area contributed by atoms with Crippen LogP contribution in [0.1, 0.15) is 31.0 Å². The van der Waals surface area contributed by atoms with E-state index in [1.54, 1.807) is 7.11 Å². The summed E-state index contributed by atoms with van der Waals surface area (Å²) >= 11 is 0. The van der Waals surface area contributed by atoms with E-state index in [2.05, 4.69) is 38.0 Å². The second-order valence-corrected chi connectivity index (χ2v) is 4.85. The molecule has 0 aliphatic heterocycles. The minimum absolute atomic E-state index is 0.468. The third-order valence-electron chi connectivity index (χ3n) is 3.32. The molecule has 0 N–H and O–H groups in total. The van der Waals surface area contributed by atoms with Crippen LogP contribution in [-0.4, -0.2) is 16.9 Å². The SMILES string of the molecule is COc1ccc(-c2nn(C)c(C)c2C(C)C)cc1. The maximum atomic E-state index is 5.19. The fourth-order valence-corrected chi connectivity index (χ4v) is 2.28. The molecule has 0 saturated carbocycles. The van der Waals surface area contributed by atoms with E-state index in [-0.39, 0.29) is 0 Å². The van der Waals surface area contributed by atoms with E-state index in [0.29, 0.717) is 5.92 Å². The molecule has 2 rings (SSSR count). The van der Waals surface area contributed by atoms with E-state index in [1.807, 2.05) is 23.9 Å². The van der Waals surface area contributed by atoms with Gasteiger partial charge in [0.2, 0.25) is 0 Å². The molecule has 0 atom stereocenters. The minimum Gasteiger partial charge on any atom is -0.497 e. The van der Waals surface area contributed by atoms with Crippen LogP contribution in [0.2, 0.25) is 0 Å². The molecule has 0 bridgehead atoms. The van der Waals surface area contributed by atoms with Gasteiger partial charge in [-0.25, -0.2) is 0 Å². The lowest BCUT2D eigenvalue weighted by atomic mass is 9.97. The lowest BCUT2D eigenvalue weighted by molar-refractivity contribution is 0.415. The lowest BCUT2D eigenvalue weighted by Gasteiger charge is -2.08. The van der Waals surface area contributed by atoms with Crippen molar-refractivity contribution in [3.63, 3.8) is 0 Å². The van der Waals surface area contributed by atoms with Crippen LogP contribution in [0.25, 0.3) is 11.3 Å². The summed E-state index contributed by atoms with van der Waals surface area (Å²) in [4.78, 5) is 0. The van der Waals surface area contributed by atoms with Gasteiger partial charge in [0.25, 0.3) is 0 Å². The fraction of sp³-hybridized carbons (Fsp3) is 0.400. The van der Waals surface area contributed by atoms with Crippen molar-refractivity contribution < 1.29 is 4.74 Å². The molecule has 0 aliphatic rings. The third kappa shape index (κ3) is 2.13. The Morgan fingerprint density at radius 1 is 1.17 bits per heavy atom. The van der Waals surface area contributed by atoms with Gasteiger partial charge in [-0.1, -0.05) is 13.8 Å². The molecule has 1 aromatic heterocycles. The second kappa shape index (κ2) is 4.84.